The van der Waals surface area contributed by atoms with Gasteiger partial charge in [0, 0.05) is 10.1 Å². The Morgan fingerprint density at radius 2 is 2.00 bits per heavy atom. The first-order chi connectivity index (χ1) is 8.90. The molecule has 1 amide bonds. The van der Waals surface area contributed by atoms with Crippen LogP contribution in [0.5, 0.6) is 0 Å². The van der Waals surface area contributed by atoms with E-state index in [-0.39, 0.29) is 5.91 Å². The SMILES string of the molecule is CC(C)c1ccc(SC2CCC(N)(C(N)=O)C2)cc1. The van der Waals surface area contributed by atoms with E-state index in [0.717, 1.165) is 6.42 Å². The van der Waals surface area contributed by atoms with Crippen LogP contribution in [0.1, 0.15) is 44.6 Å². The van der Waals surface area contributed by atoms with Gasteiger partial charge in [0.15, 0.2) is 0 Å². The Morgan fingerprint density at radius 1 is 1.37 bits per heavy atom. The standard InChI is InChI=1S/C15H22N2OS/c1-10(2)11-3-5-12(6-4-11)19-13-7-8-15(17,9-13)14(16)18/h3-6,10,13H,7-9,17H2,1-2H3,(H2,16,18). The Morgan fingerprint density at radius 3 is 2.47 bits per heavy atom. The highest BCUT2D eigenvalue weighted by Gasteiger charge is 2.40. The topological polar surface area (TPSA) is 69.1 Å². The lowest BCUT2D eigenvalue weighted by atomic mass is 9.99. The summed E-state index contributed by atoms with van der Waals surface area (Å²) < 4.78 is 0. The minimum atomic E-state index is -0.796. The first kappa shape index (κ1) is 14.4. The average molecular weight is 278 g/mol. The molecule has 0 aliphatic heterocycles. The predicted octanol–water partition coefficient (Wildman–Crippen LogP) is 2.64. The second kappa shape index (κ2) is 5.55. The summed E-state index contributed by atoms with van der Waals surface area (Å²) in [6, 6.07) is 8.65. The summed E-state index contributed by atoms with van der Waals surface area (Å²) >= 11 is 1.80. The predicted molar refractivity (Wildman–Crippen MR) is 80.1 cm³/mol. The van der Waals surface area contributed by atoms with E-state index in [1.165, 1.54) is 10.5 Å². The van der Waals surface area contributed by atoms with Crippen molar-refractivity contribution >= 4 is 17.7 Å². The van der Waals surface area contributed by atoms with Gasteiger partial charge in [-0.3, -0.25) is 4.79 Å². The molecule has 2 unspecified atom stereocenters. The van der Waals surface area contributed by atoms with Gasteiger partial charge >= 0.3 is 0 Å². The van der Waals surface area contributed by atoms with Crippen LogP contribution in [-0.4, -0.2) is 16.7 Å². The molecule has 0 spiro atoms. The van der Waals surface area contributed by atoms with E-state index in [0.29, 0.717) is 24.0 Å². The van der Waals surface area contributed by atoms with Crippen LogP contribution >= 0.6 is 11.8 Å². The minimum Gasteiger partial charge on any atom is -0.368 e. The second-order valence-electron chi connectivity index (χ2n) is 5.73. The zero-order valence-electron chi connectivity index (χ0n) is 11.6. The Labute approximate surface area is 119 Å². The molecule has 0 bridgehead atoms. The fourth-order valence-corrected chi connectivity index (χ4v) is 3.77. The second-order valence-corrected chi connectivity index (χ2v) is 7.10. The molecule has 4 heteroatoms. The van der Waals surface area contributed by atoms with Crippen LogP contribution in [0, 0.1) is 0 Å². The van der Waals surface area contributed by atoms with Crippen LogP contribution in [0.3, 0.4) is 0 Å². The Bertz CT molecular complexity index is 458. The van der Waals surface area contributed by atoms with E-state index >= 15 is 0 Å². The first-order valence-electron chi connectivity index (χ1n) is 6.76. The van der Waals surface area contributed by atoms with Gasteiger partial charge < -0.3 is 11.5 Å². The van der Waals surface area contributed by atoms with Gasteiger partial charge in [0.2, 0.25) is 5.91 Å². The van der Waals surface area contributed by atoms with Crippen molar-refractivity contribution in [3.8, 4) is 0 Å². The number of carbonyl (C=O) groups is 1. The molecule has 3 nitrogen and oxygen atoms in total. The number of hydrogen-bond donors (Lipinski definition) is 2. The maximum absolute atomic E-state index is 11.3. The number of nitrogens with two attached hydrogens (primary N) is 2. The number of carbonyl (C=O) groups excluding carboxylic acids is 1. The van der Waals surface area contributed by atoms with Crippen molar-refractivity contribution < 1.29 is 4.79 Å². The molecule has 2 atom stereocenters. The molecule has 19 heavy (non-hydrogen) atoms. The molecule has 4 N–H and O–H groups in total. The van der Waals surface area contributed by atoms with Gasteiger partial charge in [0.05, 0.1) is 5.54 Å². The van der Waals surface area contributed by atoms with E-state index in [1.54, 1.807) is 11.8 Å². The number of hydrogen-bond acceptors (Lipinski definition) is 3. The maximum atomic E-state index is 11.3. The highest BCUT2D eigenvalue weighted by atomic mass is 32.2. The van der Waals surface area contributed by atoms with Crippen LogP contribution in [0.2, 0.25) is 0 Å². The summed E-state index contributed by atoms with van der Waals surface area (Å²) in [7, 11) is 0. The monoisotopic (exact) mass is 278 g/mol. The molecule has 1 aromatic carbocycles. The van der Waals surface area contributed by atoms with Crippen LogP contribution in [-0.2, 0) is 4.79 Å². The highest BCUT2D eigenvalue weighted by molar-refractivity contribution is 8.00. The molecule has 0 radical (unpaired) electrons. The summed E-state index contributed by atoms with van der Waals surface area (Å²) in [5, 5.41) is 0.391. The molecule has 1 aromatic rings. The van der Waals surface area contributed by atoms with E-state index in [2.05, 4.69) is 38.1 Å². The van der Waals surface area contributed by atoms with Gasteiger partial charge in [-0.2, -0.15) is 0 Å². The molecule has 0 saturated heterocycles. The van der Waals surface area contributed by atoms with Gasteiger partial charge in [0.25, 0.3) is 0 Å². The van der Waals surface area contributed by atoms with Crippen molar-refractivity contribution in [2.75, 3.05) is 0 Å². The summed E-state index contributed by atoms with van der Waals surface area (Å²) in [4.78, 5) is 12.6. The number of amides is 1. The molecule has 104 valence electrons. The van der Waals surface area contributed by atoms with Crippen LogP contribution < -0.4 is 11.5 Å². The number of benzene rings is 1. The Hall–Kier alpha value is -1.00. The van der Waals surface area contributed by atoms with Gasteiger partial charge in [-0.05, 0) is 42.9 Å². The van der Waals surface area contributed by atoms with E-state index in [4.69, 9.17) is 11.5 Å². The maximum Gasteiger partial charge on any atom is 0.237 e. The van der Waals surface area contributed by atoms with Crippen molar-refractivity contribution in [2.24, 2.45) is 11.5 Å². The van der Waals surface area contributed by atoms with Crippen LogP contribution in [0.4, 0.5) is 0 Å². The Balaban J connectivity index is 1.97. The quantitative estimate of drug-likeness (QED) is 0.889. The normalized spacial score (nSPS) is 26.8. The third-order valence-corrected chi connectivity index (χ3v) is 5.12. The molecular weight excluding hydrogens is 256 g/mol. The lowest BCUT2D eigenvalue weighted by Crippen LogP contribution is -2.50. The van der Waals surface area contributed by atoms with Crippen molar-refractivity contribution in [3.63, 3.8) is 0 Å². The van der Waals surface area contributed by atoms with E-state index < -0.39 is 5.54 Å². The van der Waals surface area contributed by atoms with Crippen molar-refractivity contribution in [2.45, 2.75) is 54.7 Å². The van der Waals surface area contributed by atoms with Gasteiger partial charge in [-0.15, -0.1) is 11.8 Å². The summed E-state index contributed by atoms with van der Waals surface area (Å²) in [6.07, 6.45) is 2.33. The molecule has 1 aliphatic carbocycles. The molecule has 0 heterocycles. The van der Waals surface area contributed by atoms with Crippen molar-refractivity contribution in [3.05, 3.63) is 29.8 Å². The molecular formula is C15H22N2OS. The minimum absolute atomic E-state index is 0.370. The zero-order valence-corrected chi connectivity index (χ0v) is 12.4. The summed E-state index contributed by atoms with van der Waals surface area (Å²) in [6.45, 7) is 4.38. The fourth-order valence-electron chi connectivity index (χ4n) is 2.48. The first-order valence-corrected chi connectivity index (χ1v) is 7.64. The smallest absolute Gasteiger partial charge is 0.237 e. The van der Waals surface area contributed by atoms with Gasteiger partial charge in [-0.1, -0.05) is 26.0 Å². The fraction of sp³-hybridized carbons (Fsp3) is 0.533. The molecule has 1 aliphatic rings. The van der Waals surface area contributed by atoms with Gasteiger partial charge in [0.1, 0.15) is 0 Å². The van der Waals surface area contributed by atoms with Crippen molar-refractivity contribution in [1.82, 2.24) is 0 Å². The van der Waals surface area contributed by atoms with Crippen LogP contribution in [0.25, 0.3) is 0 Å². The molecule has 1 saturated carbocycles. The average Bonchev–Trinajstić information content (AvgIpc) is 2.73. The highest BCUT2D eigenvalue weighted by Crippen LogP contribution is 2.39. The summed E-state index contributed by atoms with van der Waals surface area (Å²) in [5.41, 5.74) is 11.9. The molecule has 2 rings (SSSR count). The number of thioether (sulfide) groups is 1. The van der Waals surface area contributed by atoms with Crippen molar-refractivity contribution in [1.29, 1.82) is 0 Å². The number of rotatable bonds is 4. The largest absolute Gasteiger partial charge is 0.368 e. The summed E-state index contributed by atoms with van der Waals surface area (Å²) in [5.74, 6) is 0.183. The molecule has 0 aromatic heterocycles. The zero-order chi connectivity index (χ0) is 14.0. The lowest BCUT2D eigenvalue weighted by Gasteiger charge is -2.19. The third-order valence-electron chi connectivity index (χ3n) is 3.84. The Kier molecular flexibility index (Phi) is 4.21. The van der Waals surface area contributed by atoms with Crippen LogP contribution in [0.15, 0.2) is 29.2 Å². The lowest BCUT2D eigenvalue weighted by molar-refractivity contribution is -0.122. The molecule has 1 fully saturated rings. The van der Waals surface area contributed by atoms with E-state index in [1.807, 2.05) is 0 Å². The third kappa shape index (κ3) is 3.31. The van der Waals surface area contributed by atoms with Gasteiger partial charge in [-0.25, -0.2) is 0 Å². The van der Waals surface area contributed by atoms with E-state index in [9.17, 15) is 4.79 Å². The number of primary amides is 1.